The summed E-state index contributed by atoms with van der Waals surface area (Å²) in [5, 5.41) is 10.6. The number of aliphatic hydroxyl groups excluding tert-OH is 1. The van der Waals surface area contributed by atoms with Gasteiger partial charge < -0.3 is 33.8 Å². The molecule has 0 amide bonds. The van der Waals surface area contributed by atoms with Crippen molar-refractivity contribution in [2.24, 2.45) is 11.8 Å². The Hall–Kier alpha value is -1.94. The van der Waals surface area contributed by atoms with Crippen LogP contribution in [0.1, 0.15) is 382 Å². The molecular formula is C74H144O17P2. The molecule has 0 fully saturated rings. The van der Waals surface area contributed by atoms with Crippen molar-refractivity contribution in [2.75, 3.05) is 39.6 Å². The van der Waals surface area contributed by atoms with Crippen LogP contribution in [0.4, 0.5) is 0 Å². The number of aliphatic hydroxyl groups is 1. The standard InChI is InChI=1S/C74H144O17P2/c1-7-10-12-14-16-18-19-20-21-22-23-26-30-33-40-46-52-58-73(78)90-70(63-85-72(77)57-51-45-39-32-29-27-24-25-28-31-36-42-48-54-66(4)5)65-89-93(82,83)87-61-68(75)60-86-92(80,81)88-64-69(62-84-71(76)56-50-44-38-17-15-13-11-8-2)91-74(79)59-53-47-41-35-34-37-43-49-55-67(6)9-3/h66-70,75H,7-65H2,1-6H3,(H,80,81)(H,82,83)/t67?,68-,69+,70+/m0/s1. The highest BCUT2D eigenvalue weighted by Crippen LogP contribution is 2.45. The van der Waals surface area contributed by atoms with Crippen LogP contribution in [0.15, 0.2) is 0 Å². The summed E-state index contributed by atoms with van der Waals surface area (Å²) in [5.41, 5.74) is 0. The molecule has 3 N–H and O–H groups in total. The van der Waals surface area contributed by atoms with E-state index in [2.05, 4.69) is 41.5 Å². The molecule has 0 saturated carbocycles. The van der Waals surface area contributed by atoms with Gasteiger partial charge in [-0.3, -0.25) is 37.3 Å². The summed E-state index contributed by atoms with van der Waals surface area (Å²) >= 11 is 0. The van der Waals surface area contributed by atoms with Crippen LogP contribution in [0.5, 0.6) is 0 Å². The summed E-state index contributed by atoms with van der Waals surface area (Å²) in [6.45, 7) is 9.57. The van der Waals surface area contributed by atoms with Crippen molar-refractivity contribution in [3.05, 3.63) is 0 Å². The van der Waals surface area contributed by atoms with E-state index >= 15 is 0 Å². The lowest BCUT2D eigenvalue weighted by Gasteiger charge is -2.21. The predicted octanol–water partition coefficient (Wildman–Crippen LogP) is 21.6. The van der Waals surface area contributed by atoms with E-state index in [9.17, 15) is 43.2 Å². The molecule has 0 bridgehead atoms. The molecule has 0 radical (unpaired) electrons. The number of esters is 4. The Morgan fingerprint density at radius 3 is 0.817 bits per heavy atom. The van der Waals surface area contributed by atoms with Crippen LogP contribution in [-0.2, 0) is 65.4 Å². The molecule has 6 atom stereocenters. The molecule has 0 spiro atoms. The number of hydrogen-bond donors (Lipinski definition) is 3. The molecule has 0 aromatic rings. The summed E-state index contributed by atoms with van der Waals surface area (Å²) in [6, 6.07) is 0. The first kappa shape index (κ1) is 91.1. The summed E-state index contributed by atoms with van der Waals surface area (Å²) < 4.78 is 68.4. The molecule has 0 aliphatic carbocycles. The minimum atomic E-state index is -4.96. The number of carbonyl (C=O) groups excluding carboxylic acids is 4. The van der Waals surface area contributed by atoms with Gasteiger partial charge in [0.05, 0.1) is 26.4 Å². The third-order valence-electron chi connectivity index (χ3n) is 17.6. The Morgan fingerprint density at radius 1 is 0.312 bits per heavy atom. The molecule has 0 saturated heterocycles. The SMILES string of the molecule is CCCCCCCCCCCCCCCCCCCC(=O)O[C@H](COC(=O)CCCCCCCCCCCCCCCC(C)C)COP(=O)(O)OC[C@@H](O)COP(=O)(O)OC[C@@H](COC(=O)CCCCCCCCCC)OC(=O)CCCCCCCCCCC(C)CC. The Balaban J connectivity index is 5.22. The van der Waals surface area contributed by atoms with Gasteiger partial charge in [-0.15, -0.1) is 0 Å². The van der Waals surface area contributed by atoms with E-state index < -0.39 is 97.5 Å². The third-order valence-corrected chi connectivity index (χ3v) is 19.5. The van der Waals surface area contributed by atoms with Crippen molar-refractivity contribution in [3.8, 4) is 0 Å². The molecule has 0 aliphatic rings. The van der Waals surface area contributed by atoms with Crippen LogP contribution in [0.2, 0.25) is 0 Å². The highest BCUT2D eigenvalue weighted by molar-refractivity contribution is 7.47. The van der Waals surface area contributed by atoms with Crippen molar-refractivity contribution in [3.63, 3.8) is 0 Å². The Bertz CT molecular complexity index is 1810. The summed E-state index contributed by atoms with van der Waals surface area (Å²) in [6.07, 6.45) is 52.7. The van der Waals surface area contributed by atoms with Gasteiger partial charge in [-0.1, -0.05) is 330 Å². The Kier molecular flexibility index (Phi) is 64.6. The van der Waals surface area contributed by atoms with Gasteiger partial charge in [-0.05, 0) is 37.5 Å². The van der Waals surface area contributed by atoms with Gasteiger partial charge in [-0.2, -0.15) is 0 Å². The summed E-state index contributed by atoms with van der Waals surface area (Å²) in [4.78, 5) is 72.6. The number of unbranched alkanes of at least 4 members (excludes halogenated alkanes) is 42. The Labute approximate surface area is 568 Å². The van der Waals surface area contributed by atoms with Crippen LogP contribution >= 0.6 is 15.6 Å². The second-order valence-corrected chi connectivity index (χ2v) is 30.3. The largest absolute Gasteiger partial charge is 0.472 e. The van der Waals surface area contributed by atoms with E-state index in [-0.39, 0.29) is 25.7 Å². The fraction of sp³-hybridized carbons (Fsp3) is 0.946. The van der Waals surface area contributed by atoms with E-state index in [1.165, 1.54) is 193 Å². The maximum absolute atomic E-state index is 13.1. The number of ether oxygens (including phenoxy) is 4. The van der Waals surface area contributed by atoms with Gasteiger partial charge in [0.2, 0.25) is 0 Å². The van der Waals surface area contributed by atoms with E-state index in [0.717, 1.165) is 108 Å². The maximum atomic E-state index is 13.1. The van der Waals surface area contributed by atoms with Gasteiger partial charge in [0.25, 0.3) is 0 Å². The molecule has 552 valence electrons. The average molecular weight is 1370 g/mol. The van der Waals surface area contributed by atoms with Crippen molar-refractivity contribution >= 4 is 39.5 Å². The lowest BCUT2D eigenvalue weighted by atomic mass is 9.99. The van der Waals surface area contributed by atoms with Crippen LogP contribution < -0.4 is 0 Å². The van der Waals surface area contributed by atoms with Crippen molar-refractivity contribution in [2.45, 2.75) is 400 Å². The lowest BCUT2D eigenvalue weighted by molar-refractivity contribution is -0.161. The number of rotatable bonds is 73. The van der Waals surface area contributed by atoms with Gasteiger partial charge >= 0.3 is 39.5 Å². The number of hydrogen-bond acceptors (Lipinski definition) is 15. The molecular weight excluding hydrogens is 1220 g/mol. The molecule has 0 aliphatic heterocycles. The van der Waals surface area contributed by atoms with Crippen LogP contribution in [0.25, 0.3) is 0 Å². The highest BCUT2D eigenvalue weighted by Gasteiger charge is 2.30. The molecule has 19 heteroatoms. The summed E-state index contributed by atoms with van der Waals surface area (Å²) in [5.74, 6) is -0.560. The van der Waals surface area contributed by atoms with Crippen LogP contribution in [0, 0.1) is 11.8 Å². The zero-order valence-electron chi connectivity index (χ0n) is 60.6. The number of carbonyl (C=O) groups is 4. The van der Waals surface area contributed by atoms with E-state index in [1.54, 1.807) is 0 Å². The minimum Gasteiger partial charge on any atom is -0.462 e. The van der Waals surface area contributed by atoms with Crippen LogP contribution in [0.3, 0.4) is 0 Å². The van der Waals surface area contributed by atoms with Gasteiger partial charge in [0, 0.05) is 25.7 Å². The molecule has 0 aromatic heterocycles. The number of phosphoric acid groups is 2. The van der Waals surface area contributed by atoms with Crippen LogP contribution in [-0.4, -0.2) is 96.7 Å². The van der Waals surface area contributed by atoms with Crippen molar-refractivity contribution in [1.29, 1.82) is 0 Å². The Morgan fingerprint density at radius 2 is 0.548 bits per heavy atom. The maximum Gasteiger partial charge on any atom is 0.472 e. The molecule has 3 unspecified atom stereocenters. The third kappa shape index (κ3) is 67.0. The fourth-order valence-electron chi connectivity index (χ4n) is 11.3. The normalized spacial score (nSPS) is 14.3. The molecule has 0 rings (SSSR count). The predicted molar refractivity (Wildman–Crippen MR) is 377 cm³/mol. The molecule has 0 heterocycles. The summed E-state index contributed by atoms with van der Waals surface area (Å²) in [7, 11) is -9.90. The molecule has 93 heavy (non-hydrogen) atoms. The quantitative estimate of drug-likeness (QED) is 0.0222. The number of phosphoric ester groups is 2. The zero-order chi connectivity index (χ0) is 68.6. The van der Waals surface area contributed by atoms with Gasteiger partial charge in [-0.25, -0.2) is 9.13 Å². The fourth-order valence-corrected chi connectivity index (χ4v) is 12.8. The lowest BCUT2D eigenvalue weighted by Crippen LogP contribution is -2.30. The van der Waals surface area contributed by atoms with E-state index in [0.29, 0.717) is 25.7 Å². The minimum absolute atomic E-state index is 0.105. The van der Waals surface area contributed by atoms with Crippen molar-refractivity contribution in [1.82, 2.24) is 0 Å². The van der Waals surface area contributed by atoms with E-state index in [1.807, 2.05) is 0 Å². The highest BCUT2D eigenvalue weighted by atomic mass is 31.2. The molecule has 0 aromatic carbocycles. The van der Waals surface area contributed by atoms with Crippen molar-refractivity contribution < 1.29 is 80.2 Å². The van der Waals surface area contributed by atoms with Gasteiger partial charge in [0.1, 0.15) is 19.3 Å². The van der Waals surface area contributed by atoms with E-state index in [4.69, 9.17) is 37.0 Å². The smallest absolute Gasteiger partial charge is 0.462 e. The van der Waals surface area contributed by atoms with Gasteiger partial charge in [0.15, 0.2) is 12.2 Å². The monoisotopic (exact) mass is 1370 g/mol. The first-order chi connectivity index (χ1) is 44.9. The average Bonchev–Trinajstić information content (AvgIpc) is 1.44. The second-order valence-electron chi connectivity index (χ2n) is 27.4. The molecule has 17 nitrogen and oxygen atoms in total. The second kappa shape index (κ2) is 66.0. The topological polar surface area (TPSA) is 237 Å². The first-order valence-electron chi connectivity index (χ1n) is 38.5. The zero-order valence-corrected chi connectivity index (χ0v) is 62.3. The first-order valence-corrected chi connectivity index (χ1v) is 41.5.